The van der Waals surface area contributed by atoms with Gasteiger partial charge in [0.25, 0.3) is 0 Å². The quantitative estimate of drug-likeness (QED) is 0.355. The zero-order chi connectivity index (χ0) is 29.1. The van der Waals surface area contributed by atoms with E-state index in [4.69, 9.17) is 18.9 Å². The van der Waals surface area contributed by atoms with Crippen LogP contribution in [0, 0.1) is 5.92 Å². The van der Waals surface area contributed by atoms with E-state index in [0.717, 1.165) is 29.7 Å². The van der Waals surface area contributed by atoms with Crippen molar-refractivity contribution in [2.75, 3.05) is 38.1 Å². The Morgan fingerprint density at radius 3 is 2.67 bits per heavy atom. The predicted molar refractivity (Wildman–Crippen MR) is 154 cm³/mol. The van der Waals surface area contributed by atoms with E-state index in [9.17, 15) is 14.7 Å². The second-order valence-corrected chi connectivity index (χ2v) is 10.9. The van der Waals surface area contributed by atoms with E-state index in [2.05, 4.69) is 11.9 Å². The number of amides is 1. The van der Waals surface area contributed by atoms with Crippen molar-refractivity contribution < 1.29 is 33.6 Å². The third kappa shape index (κ3) is 5.59. The Bertz CT molecular complexity index is 1430. The highest BCUT2D eigenvalue weighted by Crippen LogP contribution is 2.44. The molecule has 10 nitrogen and oxygen atoms in total. The Morgan fingerprint density at radius 1 is 1.02 bits per heavy atom. The van der Waals surface area contributed by atoms with Crippen molar-refractivity contribution in [3.8, 4) is 23.0 Å². The van der Waals surface area contributed by atoms with Gasteiger partial charge in [0.1, 0.15) is 0 Å². The summed E-state index contributed by atoms with van der Waals surface area (Å²) in [6.45, 7) is 3.49. The molecule has 1 fully saturated rings. The van der Waals surface area contributed by atoms with Gasteiger partial charge >= 0.3 is 5.97 Å². The lowest BCUT2D eigenvalue weighted by atomic mass is 9.83. The van der Waals surface area contributed by atoms with E-state index in [1.807, 2.05) is 53.4 Å². The van der Waals surface area contributed by atoms with Crippen LogP contribution in [0.5, 0.6) is 23.0 Å². The lowest BCUT2D eigenvalue weighted by Crippen LogP contribution is -2.44. The van der Waals surface area contributed by atoms with Gasteiger partial charge in [-0.2, -0.15) is 0 Å². The molecule has 1 unspecified atom stereocenters. The Morgan fingerprint density at radius 2 is 1.86 bits per heavy atom. The number of carboxylic acids is 1. The summed E-state index contributed by atoms with van der Waals surface area (Å²) >= 11 is 0. The highest BCUT2D eigenvalue weighted by molar-refractivity contribution is 5.94. The van der Waals surface area contributed by atoms with E-state index in [-0.39, 0.29) is 38.0 Å². The predicted octanol–water partition coefficient (Wildman–Crippen LogP) is 4.47. The van der Waals surface area contributed by atoms with Crippen LogP contribution < -0.4 is 23.8 Å². The third-order valence-corrected chi connectivity index (χ3v) is 8.38. The number of rotatable bonds is 11. The maximum Gasteiger partial charge on any atom is 0.308 e. The van der Waals surface area contributed by atoms with Gasteiger partial charge in [-0.3, -0.25) is 19.5 Å². The van der Waals surface area contributed by atoms with Crippen molar-refractivity contribution >= 4 is 17.6 Å². The number of ether oxygens (including phenoxy) is 4. The number of benzene rings is 2. The molecule has 3 aliphatic rings. The third-order valence-electron chi connectivity index (χ3n) is 8.38. The number of carbonyl (C=O) groups is 2. The van der Waals surface area contributed by atoms with E-state index >= 15 is 0 Å². The first kappa shape index (κ1) is 27.8. The zero-order valence-corrected chi connectivity index (χ0v) is 23.6. The van der Waals surface area contributed by atoms with Crippen molar-refractivity contribution in [2.45, 2.75) is 44.6 Å². The molecule has 6 rings (SSSR count). The number of nitrogens with zero attached hydrogens (tertiary/aromatic N) is 3. The van der Waals surface area contributed by atoms with E-state index in [0.29, 0.717) is 48.9 Å². The lowest BCUT2D eigenvalue weighted by Gasteiger charge is -2.29. The standard InChI is InChI=1S/C32H35N3O7/c1-2-3-14-35(23-7-5-13-33-16-23)29(36)18-34-17-24(22-10-12-26-28(15-22)41-19-39-26)30(32(37)38)25(34)11-9-21-6-4-8-27-31(21)42-20-40-27/h4-8,10,12-13,15-16,24-25,30H,2-3,9,11,14,17-20H2,1H3,(H,37,38)/t24-,25+,30?/m1/s1. The minimum atomic E-state index is -0.884. The molecule has 4 heterocycles. The minimum Gasteiger partial charge on any atom is -0.481 e. The molecular weight excluding hydrogens is 538 g/mol. The molecule has 1 amide bonds. The van der Waals surface area contributed by atoms with Gasteiger partial charge in [0, 0.05) is 31.2 Å². The van der Waals surface area contributed by atoms with Crippen LogP contribution in [0.3, 0.4) is 0 Å². The molecule has 0 saturated carbocycles. The largest absolute Gasteiger partial charge is 0.481 e. The Balaban J connectivity index is 1.30. The van der Waals surface area contributed by atoms with Gasteiger partial charge in [0.05, 0.1) is 24.3 Å². The number of hydrogen-bond acceptors (Lipinski definition) is 8. The molecule has 220 valence electrons. The average Bonchev–Trinajstić information content (AvgIpc) is 3.75. The summed E-state index contributed by atoms with van der Waals surface area (Å²) in [5.41, 5.74) is 2.57. The number of aryl methyl sites for hydroxylation is 1. The van der Waals surface area contributed by atoms with Gasteiger partial charge in [-0.05, 0) is 60.7 Å². The van der Waals surface area contributed by atoms with Crippen LogP contribution in [0.4, 0.5) is 5.69 Å². The summed E-state index contributed by atoms with van der Waals surface area (Å²) in [6, 6.07) is 14.7. The highest BCUT2D eigenvalue weighted by atomic mass is 16.7. The monoisotopic (exact) mass is 573 g/mol. The van der Waals surface area contributed by atoms with Crippen LogP contribution in [-0.2, 0) is 16.0 Å². The van der Waals surface area contributed by atoms with Gasteiger partial charge < -0.3 is 29.0 Å². The molecule has 0 bridgehead atoms. The molecule has 1 N–H and O–H groups in total. The first-order valence-corrected chi connectivity index (χ1v) is 14.5. The van der Waals surface area contributed by atoms with Crippen LogP contribution in [0.2, 0.25) is 0 Å². The summed E-state index contributed by atoms with van der Waals surface area (Å²) in [5, 5.41) is 10.6. The number of likely N-dealkylation sites (tertiary alicyclic amines) is 1. The maximum absolute atomic E-state index is 13.9. The molecule has 0 spiro atoms. The van der Waals surface area contributed by atoms with Gasteiger partial charge in [0.15, 0.2) is 23.0 Å². The topological polar surface area (TPSA) is 111 Å². The van der Waals surface area contributed by atoms with Crippen molar-refractivity contribution in [1.29, 1.82) is 0 Å². The van der Waals surface area contributed by atoms with Gasteiger partial charge in [-0.15, -0.1) is 0 Å². The zero-order valence-electron chi connectivity index (χ0n) is 23.6. The second kappa shape index (κ2) is 12.3. The van der Waals surface area contributed by atoms with Crippen LogP contribution in [-0.4, -0.2) is 66.1 Å². The molecule has 0 radical (unpaired) electrons. The van der Waals surface area contributed by atoms with E-state index in [1.54, 1.807) is 17.3 Å². The molecular formula is C32H35N3O7. The van der Waals surface area contributed by atoms with Crippen LogP contribution in [0.25, 0.3) is 0 Å². The van der Waals surface area contributed by atoms with E-state index in [1.165, 1.54) is 0 Å². The van der Waals surface area contributed by atoms with Crippen LogP contribution >= 0.6 is 0 Å². The molecule has 3 atom stereocenters. The summed E-state index contributed by atoms with van der Waals surface area (Å²) in [4.78, 5) is 34.9. The molecule has 1 aromatic heterocycles. The lowest BCUT2D eigenvalue weighted by molar-refractivity contribution is -0.143. The Kier molecular flexibility index (Phi) is 8.14. The average molecular weight is 574 g/mol. The smallest absolute Gasteiger partial charge is 0.308 e. The number of unbranched alkanes of at least 4 members (excludes halogenated alkanes) is 1. The first-order chi connectivity index (χ1) is 20.5. The number of anilines is 1. The van der Waals surface area contributed by atoms with Crippen molar-refractivity contribution in [3.63, 3.8) is 0 Å². The SMILES string of the molecule is CCCCN(C(=O)CN1C[C@H](c2ccc3c(c2)OCO3)C(C(=O)O)[C@@H]1CCc1cccc2c1OCO2)c1cccnc1. The summed E-state index contributed by atoms with van der Waals surface area (Å²) in [7, 11) is 0. The fourth-order valence-corrected chi connectivity index (χ4v) is 6.31. The molecule has 1 saturated heterocycles. The number of aromatic nitrogens is 1. The number of hydrogen-bond donors (Lipinski definition) is 1. The van der Waals surface area contributed by atoms with Gasteiger partial charge in [-0.25, -0.2) is 0 Å². The maximum atomic E-state index is 13.9. The molecule has 3 aliphatic heterocycles. The molecule has 42 heavy (non-hydrogen) atoms. The number of pyridine rings is 1. The number of carbonyl (C=O) groups excluding carboxylic acids is 1. The summed E-state index contributed by atoms with van der Waals surface area (Å²) in [5.74, 6) is 0.645. The second-order valence-electron chi connectivity index (χ2n) is 10.9. The van der Waals surface area contributed by atoms with Crippen molar-refractivity contribution in [2.24, 2.45) is 5.92 Å². The first-order valence-electron chi connectivity index (χ1n) is 14.5. The number of aliphatic carboxylic acids is 1. The Hall–Kier alpha value is -4.31. The summed E-state index contributed by atoms with van der Waals surface area (Å²) < 4.78 is 22.4. The number of fused-ring (bicyclic) bond motifs is 2. The normalized spacial score (nSPS) is 20.5. The molecule has 10 heteroatoms. The fraction of sp³-hybridized carbons (Fsp3) is 0.406. The van der Waals surface area contributed by atoms with Crippen LogP contribution in [0.15, 0.2) is 60.9 Å². The fourth-order valence-electron chi connectivity index (χ4n) is 6.31. The van der Waals surface area contributed by atoms with Gasteiger partial charge in [0.2, 0.25) is 19.5 Å². The minimum absolute atomic E-state index is 0.0748. The molecule has 2 aromatic carbocycles. The highest BCUT2D eigenvalue weighted by Gasteiger charge is 2.47. The number of para-hydroxylation sites is 1. The van der Waals surface area contributed by atoms with Crippen molar-refractivity contribution in [1.82, 2.24) is 9.88 Å². The van der Waals surface area contributed by atoms with Crippen molar-refractivity contribution in [3.05, 3.63) is 72.1 Å². The summed E-state index contributed by atoms with van der Waals surface area (Å²) in [6.07, 6.45) is 6.29. The van der Waals surface area contributed by atoms with E-state index < -0.39 is 11.9 Å². The number of carboxylic acid groups (broad SMARTS) is 1. The molecule has 0 aliphatic carbocycles. The molecule has 3 aromatic rings. The Labute approximate surface area is 244 Å². The van der Waals surface area contributed by atoms with Gasteiger partial charge in [-0.1, -0.05) is 31.5 Å². The van der Waals surface area contributed by atoms with Crippen LogP contribution in [0.1, 0.15) is 43.2 Å².